The highest BCUT2D eigenvalue weighted by Crippen LogP contribution is 2.24. The smallest absolute Gasteiger partial charge is 0.238 e. The number of carbonyl (C=O) groups is 2. The number of halogens is 1. The quantitative estimate of drug-likeness (QED) is 0.820. The SMILES string of the molecule is CC(C)(C(=O)N1CCN(CC(=O)Nc2ccccc2Cl)CC1)c1cnc[nH]1. The molecule has 7 nitrogen and oxygen atoms in total. The van der Waals surface area contributed by atoms with Crippen molar-refractivity contribution in [2.75, 3.05) is 38.0 Å². The number of piperazine rings is 1. The molecule has 144 valence electrons. The summed E-state index contributed by atoms with van der Waals surface area (Å²) in [5, 5.41) is 3.35. The van der Waals surface area contributed by atoms with E-state index in [1.54, 1.807) is 24.7 Å². The average Bonchev–Trinajstić information content (AvgIpc) is 3.19. The van der Waals surface area contributed by atoms with Gasteiger partial charge in [0.1, 0.15) is 0 Å². The van der Waals surface area contributed by atoms with Crippen molar-refractivity contribution in [3.05, 3.63) is 47.5 Å². The third-order valence-corrected chi connectivity index (χ3v) is 5.21. The van der Waals surface area contributed by atoms with Crippen LogP contribution in [0.4, 0.5) is 5.69 Å². The summed E-state index contributed by atoms with van der Waals surface area (Å²) >= 11 is 6.07. The van der Waals surface area contributed by atoms with Gasteiger partial charge in [0.05, 0.1) is 29.0 Å². The van der Waals surface area contributed by atoms with Gasteiger partial charge < -0.3 is 15.2 Å². The molecule has 1 saturated heterocycles. The summed E-state index contributed by atoms with van der Waals surface area (Å²) in [5.74, 6) is -0.0485. The molecule has 1 aromatic carbocycles. The van der Waals surface area contributed by atoms with Gasteiger partial charge in [-0.1, -0.05) is 23.7 Å². The Morgan fingerprint density at radius 2 is 1.93 bits per heavy atom. The number of imidazole rings is 1. The van der Waals surface area contributed by atoms with Crippen LogP contribution in [0.5, 0.6) is 0 Å². The number of carbonyl (C=O) groups excluding carboxylic acids is 2. The lowest BCUT2D eigenvalue weighted by atomic mass is 9.88. The Balaban J connectivity index is 1.51. The van der Waals surface area contributed by atoms with Crippen molar-refractivity contribution in [3.63, 3.8) is 0 Å². The van der Waals surface area contributed by atoms with E-state index in [4.69, 9.17) is 11.6 Å². The van der Waals surface area contributed by atoms with Crippen LogP contribution in [0.25, 0.3) is 0 Å². The summed E-state index contributed by atoms with van der Waals surface area (Å²) in [6.45, 7) is 6.56. The third-order valence-electron chi connectivity index (χ3n) is 4.88. The standard InChI is InChI=1S/C19H24ClN5O2/c1-19(2,16-11-21-13-22-16)18(27)25-9-7-24(8-10-25)12-17(26)23-15-6-4-3-5-14(15)20/h3-6,11,13H,7-10,12H2,1-2H3,(H,21,22)(H,23,26). The Kier molecular flexibility index (Phi) is 5.82. The minimum absolute atomic E-state index is 0.0620. The summed E-state index contributed by atoms with van der Waals surface area (Å²) in [5.41, 5.74) is 0.758. The Labute approximate surface area is 163 Å². The van der Waals surface area contributed by atoms with Crippen molar-refractivity contribution >= 4 is 29.1 Å². The van der Waals surface area contributed by atoms with E-state index in [-0.39, 0.29) is 18.4 Å². The largest absolute Gasteiger partial charge is 0.348 e. The fourth-order valence-electron chi connectivity index (χ4n) is 3.17. The first-order valence-electron chi connectivity index (χ1n) is 8.93. The number of anilines is 1. The molecule has 0 aliphatic carbocycles. The number of nitrogens with one attached hydrogen (secondary N) is 2. The second-order valence-electron chi connectivity index (χ2n) is 7.19. The minimum atomic E-state index is -0.653. The predicted octanol–water partition coefficient (Wildman–Crippen LogP) is 2.12. The summed E-state index contributed by atoms with van der Waals surface area (Å²) in [7, 11) is 0. The molecular weight excluding hydrogens is 366 g/mol. The fourth-order valence-corrected chi connectivity index (χ4v) is 3.36. The van der Waals surface area contributed by atoms with Crippen LogP contribution in [-0.2, 0) is 15.0 Å². The molecule has 1 aromatic heterocycles. The molecule has 1 aliphatic heterocycles. The van der Waals surface area contributed by atoms with Crippen molar-refractivity contribution in [3.8, 4) is 0 Å². The second kappa shape index (κ2) is 8.10. The van der Waals surface area contributed by atoms with Crippen molar-refractivity contribution in [1.29, 1.82) is 0 Å². The molecule has 0 radical (unpaired) electrons. The molecule has 2 amide bonds. The zero-order valence-electron chi connectivity index (χ0n) is 15.5. The van der Waals surface area contributed by atoms with Crippen molar-refractivity contribution < 1.29 is 9.59 Å². The lowest BCUT2D eigenvalue weighted by molar-refractivity contribution is -0.138. The topological polar surface area (TPSA) is 81.3 Å². The van der Waals surface area contributed by atoms with Crippen LogP contribution in [0.1, 0.15) is 19.5 Å². The Bertz CT molecular complexity index is 798. The number of hydrogen-bond acceptors (Lipinski definition) is 4. The fraction of sp³-hybridized carbons (Fsp3) is 0.421. The van der Waals surface area contributed by atoms with Gasteiger partial charge in [0.25, 0.3) is 0 Å². The van der Waals surface area contributed by atoms with Gasteiger partial charge in [-0.15, -0.1) is 0 Å². The first kappa shape index (κ1) is 19.4. The molecule has 0 spiro atoms. The van der Waals surface area contributed by atoms with Crippen LogP contribution < -0.4 is 5.32 Å². The third kappa shape index (κ3) is 4.48. The van der Waals surface area contributed by atoms with Crippen LogP contribution >= 0.6 is 11.6 Å². The van der Waals surface area contributed by atoms with Crippen molar-refractivity contribution in [2.45, 2.75) is 19.3 Å². The van der Waals surface area contributed by atoms with E-state index in [9.17, 15) is 9.59 Å². The number of nitrogens with zero attached hydrogens (tertiary/aromatic N) is 3. The highest BCUT2D eigenvalue weighted by Gasteiger charge is 2.36. The van der Waals surface area contributed by atoms with Crippen LogP contribution in [0.2, 0.25) is 5.02 Å². The molecular formula is C19H24ClN5O2. The number of amides is 2. The normalized spacial score (nSPS) is 15.6. The van der Waals surface area contributed by atoms with Gasteiger partial charge in [0.2, 0.25) is 11.8 Å². The first-order chi connectivity index (χ1) is 12.9. The maximum absolute atomic E-state index is 12.9. The number of hydrogen-bond donors (Lipinski definition) is 2. The average molecular weight is 390 g/mol. The molecule has 0 saturated carbocycles. The van der Waals surface area contributed by atoms with E-state index < -0.39 is 5.41 Å². The molecule has 0 atom stereocenters. The number of benzene rings is 1. The van der Waals surface area contributed by atoms with Crippen LogP contribution in [0.15, 0.2) is 36.8 Å². The van der Waals surface area contributed by atoms with Crippen molar-refractivity contribution in [1.82, 2.24) is 19.8 Å². The van der Waals surface area contributed by atoms with E-state index in [1.165, 1.54) is 0 Å². The maximum atomic E-state index is 12.9. The molecule has 0 unspecified atom stereocenters. The monoisotopic (exact) mass is 389 g/mol. The highest BCUT2D eigenvalue weighted by molar-refractivity contribution is 6.33. The molecule has 8 heteroatoms. The molecule has 2 aromatic rings. The number of aromatic nitrogens is 2. The van der Waals surface area contributed by atoms with E-state index in [0.29, 0.717) is 36.9 Å². The Morgan fingerprint density at radius 3 is 2.56 bits per heavy atom. The summed E-state index contributed by atoms with van der Waals surface area (Å²) in [6, 6.07) is 7.16. The molecule has 1 fully saturated rings. The highest BCUT2D eigenvalue weighted by atomic mass is 35.5. The van der Waals surface area contributed by atoms with E-state index in [2.05, 4.69) is 15.3 Å². The predicted molar refractivity (Wildman–Crippen MR) is 105 cm³/mol. The van der Waals surface area contributed by atoms with Gasteiger partial charge in [-0.2, -0.15) is 0 Å². The first-order valence-corrected chi connectivity index (χ1v) is 9.30. The van der Waals surface area contributed by atoms with Gasteiger partial charge in [-0.25, -0.2) is 4.98 Å². The lowest BCUT2D eigenvalue weighted by Gasteiger charge is -2.38. The van der Waals surface area contributed by atoms with E-state index in [0.717, 1.165) is 5.69 Å². The van der Waals surface area contributed by atoms with Crippen LogP contribution in [-0.4, -0.2) is 64.3 Å². The summed E-state index contributed by atoms with van der Waals surface area (Å²) < 4.78 is 0. The maximum Gasteiger partial charge on any atom is 0.238 e. The molecule has 2 N–H and O–H groups in total. The van der Waals surface area contributed by atoms with Crippen LogP contribution in [0.3, 0.4) is 0 Å². The molecule has 0 bridgehead atoms. The molecule has 27 heavy (non-hydrogen) atoms. The number of aromatic amines is 1. The van der Waals surface area contributed by atoms with Crippen LogP contribution in [0, 0.1) is 0 Å². The van der Waals surface area contributed by atoms with Gasteiger partial charge >= 0.3 is 0 Å². The van der Waals surface area contributed by atoms with E-state index in [1.807, 2.05) is 35.8 Å². The Hall–Kier alpha value is -2.38. The molecule has 2 heterocycles. The zero-order valence-corrected chi connectivity index (χ0v) is 16.3. The Morgan fingerprint density at radius 1 is 1.22 bits per heavy atom. The van der Waals surface area contributed by atoms with Gasteiger partial charge in [0.15, 0.2) is 0 Å². The van der Waals surface area contributed by atoms with Gasteiger partial charge in [-0.3, -0.25) is 14.5 Å². The number of para-hydroxylation sites is 1. The summed E-state index contributed by atoms with van der Waals surface area (Å²) in [6.07, 6.45) is 3.27. The second-order valence-corrected chi connectivity index (χ2v) is 7.59. The lowest BCUT2D eigenvalue weighted by Crippen LogP contribution is -2.54. The molecule has 1 aliphatic rings. The number of H-pyrrole nitrogens is 1. The van der Waals surface area contributed by atoms with E-state index >= 15 is 0 Å². The zero-order chi connectivity index (χ0) is 19.4. The van der Waals surface area contributed by atoms with Crippen molar-refractivity contribution in [2.24, 2.45) is 0 Å². The minimum Gasteiger partial charge on any atom is -0.348 e. The molecule has 3 rings (SSSR count). The number of rotatable bonds is 5. The van der Waals surface area contributed by atoms with Gasteiger partial charge in [-0.05, 0) is 26.0 Å². The van der Waals surface area contributed by atoms with Gasteiger partial charge in [0, 0.05) is 38.1 Å². The summed E-state index contributed by atoms with van der Waals surface area (Å²) in [4.78, 5) is 36.1.